The molecule has 10 heteroatoms. The van der Waals surface area contributed by atoms with Crippen molar-refractivity contribution in [1.29, 1.82) is 0 Å². The fourth-order valence-electron chi connectivity index (χ4n) is 4.54. The van der Waals surface area contributed by atoms with Crippen LogP contribution in [0.5, 0.6) is 0 Å². The Labute approximate surface area is 196 Å². The third kappa shape index (κ3) is 3.81. The summed E-state index contributed by atoms with van der Waals surface area (Å²) in [5, 5.41) is 0.780. The van der Waals surface area contributed by atoms with Gasteiger partial charge in [-0.2, -0.15) is 0 Å². The standard InChI is InChI=1S/C24H22F3N5OS/c1-13-10-14(6-8-18(13)31-34(33)19-9-7-17(25)21(26)22(19)27)16-11-32(15-4-2-3-5-15)24-20(16)23(28)29-12-30-24/h6-12,15,31H,2-5H2,1H3,(H2,28,29,30). The number of nitrogens with two attached hydrogens (primary N) is 1. The number of aryl methyl sites for hydroxylation is 1. The Hall–Kier alpha value is -3.40. The summed E-state index contributed by atoms with van der Waals surface area (Å²) in [5.41, 5.74) is 9.99. The molecule has 0 amide bonds. The molecule has 2 aromatic carbocycles. The molecule has 2 heterocycles. The molecule has 34 heavy (non-hydrogen) atoms. The molecule has 1 aliphatic rings. The number of anilines is 2. The Morgan fingerprint density at radius 3 is 2.59 bits per heavy atom. The summed E-state index contributed by atoms with van der Waals surface area (Å²) < 4.78 is 58.3. The summed E-state index contributed by atoms with van der Waals surface area (Å²) in [7, 11) is -2.13. The van der Waals surface area contributed by atoms with E-state index in [0.29, 0.717) is 17.5 Å². The van der Waals surface area contributed by atoms with E-state index in [2.05, 4.69) is 25.5 Å². The minimum atomic E-state index is -2.13. The second kappa shape index (κ2) is 8.75. The van der Waals surface area contributed by atoms with Gasteiger partial charge in [-0.25, -0.2) is 27.3 Å². The molecule has 0 spiro atoms. The molecule has 1 aliphatic carbocycles. The first-order valence-corrected chi connectivity index (χ1v) is 12.0. The van der Waals surface area contributed by atoms with Gasteiger partial charge in [0.05, 0.1) is 10.3 Å². The lowest BCUT2D eigenvalue weighted by Crippen LogP contribution is -2.09. The van der Waals surface area contributed by atoms with Crippen molar-refractivity contribution in [3.63, 3.8) is 0 Å². The van der Waals surface area contributed by atoms with Gasteiger partial charge >= 0.3 is 0 Å². The fraction of sp³-hybridized carbons (Fsp3) is 0.250. The van der Waals surface area contributed by atoms with Crippen molar-refractivity contribution in [2.24, 2.45) is 0 Å². The molecule has 6 nitrogen and oxygen atoms in total. The number of halogens is 3. The van der Waals surface area contributed by atoms with Crippen LogP contribution in [0.15, 0.2) is 47.8 Å². The lowest BCUT2D eigenvalue weighted by molar-refractivity contribution is 0.434. The van der Waals surface area contributed by atoms with Crippen LogP contribution in [-0.4, -0.2) is 18.7 Å². The number of nitrogens with one attached hydrogen (secondary N) is 1. The van der Waals surface area contributed by atoms with Gasteiger partial charge in [-0.15, -0.1) is 0 Å². The number of aromatic nitrogens is 3. The van der Waals surface area contributed by atoms with E-state index in [9.17, 15) is 17.4 Å². The second-order valence-corrected chi connectivity index (χ2v) is 9.60. The smallest absolute Gasteiger partial charge is 0.195 e. The summed E-state index contributed by atoms with van der Waals surface area (Å²) in [4.78, 5) is 8.20. The lowest BCUT2D eigenvalue weighted by atomic mass is 10.0. The Bertz CT molecular complexity index is 1430. The number of fused-ring (bicyclic) bond motifs is 1. The summed E-state index contributed by atoms with van der Waals surface area (Å²) in [5.74, 6) is -4.07. The predicted molar refractivity (Wildman–Crippen MR) is 126 cm³/mol. The van der Waals surface area contributed by atoms with E-state index in [0.717, 1.165) is 52.7 Å². The van der Waals surface area contributed by atoms with Crippen LogP contribution >= 0.6 is 0 Å². The first kappa shape index (κ1) is 22.4. The van der Waals surface area contributed by atoms with Crippen molar-refractivity contribution in [2.45, 2.75) is 43.5 Å². The number of nitrogens with zero attached hydrogens (tertiary/aromatic N) is 3. The number of nitrogen functional groups attached to an aromatic ring is 1. The van der Waals surface area contributed by atoms with Gasteiger partial charge in [-0.1, -0.05) is 18.9 Å². The van der Waals surface area contributed by atoms with Crippen LogP contribution in [-0.2, 0) is 11.0 Å². The highest BCUT2D eigenvalue weighted by Crippen LogP contribution is 2.39. The van der Waals surface area contributed by atoms with Crippen LogP contribution in [0.4, 0.5) is 24.7 Å². The molecule has 0 saturated heterocycles. The molecule has 0 bridgehead atoms. The Balaban J connectivity index is 1.50. The van der Waals surface area contributed by atoms with Crippen LogP contribution in [0.1, 0.15) is 37.3 Å². The summed E-state index contributed by atoms with van der Waals surface area (Å²) >= 11 is 0. The van der Waals surface area contributed by atoms with Gasteiger partial charge in [0, 0.05) is 23.5 Å². The molecular weight excluding hydrogens is 463 g/mol. The molecular formula is C24H22F3N5OS. The van der Waals surface area contributed by atoms with E-state index in [4.69, 9.17) is 5.73 Å². The summed E-state index contributed by atoms with van der Waals surface area (Å²) in [6.07, 6.45) is 8.05. The van der Waals surface area contributed by atoms with Crippen LogP contribution in [0.3, 0.4) is 0 Å². The topological polar surface area (TPSA) is 85.8 Å². The highest BCUT2D eigenvalue weighted by atomic mass is 32.2. The average molecular weight is 486 g/mol. The first-order chi connectivity index (χ1) is 16.3. The molecule has 1 atom stereocenters. The SMILES string of the molecule is Cc1cc(-c2cn(C3CCCC3)c3ncnc(N)c23)ccc1NS(=O)c1ccc(F)c(F)c1F. The third-order valence-electron chi connectivity index (χ3n) is 6.30. The predicted octanol–water partition coefficient (Wildman–Crippen LogP) is 5.66. The highest BCUT2D eigenvalue weighted by Gasteiger charge is 2.23. The number of benzene rings is 2. The van der Waals surface area contributed by atoms with Crippen molar-refractivity contribution in [2.75, 3.05) is 10.5 Å². The van der Waals surface area contributed by atoms with E-state index >= 15 is 0 Å². The van der Waals surface area contributed by atoms with Crippen molar-refractivity contribution in [3.05, 3.63) is 65.9 Å². The van der Waals surface area contributed by atoms with Crippen molar-refractivity contribution >= 4 is 33.5 Å². The van der Waals surface area contributed by atoms with Crippen LogP contribution in [0, 0.1) is 24.4 Å². The van der Waals surface area contributed by atoms with E-state index in [-0.39, 0.29) is 0 Å². The van der Waals surface area contributed by atoms with Gasteiger partial charge in [-0.3, -0.25) is 0 Å². The Morgan fingerprint density at radius 1 is 1.09 bits per heavy atom. The van der Waals surface area contributed by atoms with Gasteiger partial charge in [0.1, 0.15) is 17.8 Å². The molecule has 1 unspecified atom stereocenters. The Kier molecular flexibility index (Phi) is 5.76. The summed E-state index contributed by atoms with van der Waals surface area (Å²) in [6, 6.07) is 7.49. The maximum absolute atomic E-state index is 14.0. The van der Waals surface area contributed by atoms with Gasteiger partial charge in [0.2, 0.25) is 0 Å². The Morgan fingerprint density at radius 2 is 1.85 bits per heavy atom. The fourth-order valence-corrected chi connectivity index (χ4v) is 5.52. The van der Waals surface area contributed by atoms with Crippen LogP contribution in [0.2, 0.25) is 0 Å². The number of hydrogen-bond acceptors (Lipinski definition) is 4. The zero-order valence-electron chi connectivity index (χ0n) is 18.3. The molecule has 2 aromatic heterocycles. The minimum Gasteiger partial charge on any atom is -0.383 e. The number of hydrogen-bond donors (Lipinski definition) is 2. The van der Waals surface area contributed by atoms with Crippen LogP contribution < -0.4 is 10.5 Å². The molecule has 176 valence electrons. The largest absolute Gasteiger partial charge is 0.383 e. The van der Waals surface area contributed by atoms with E-state index in [1.165, 1.54) is 19.2 Å². The van der Waals surface area contributed by atoms with Crippen molar-refractivity contribution < 1.29 is 17.4 Å². The monoisotopic (exact) mass is 485 g/mol. The molecule has 1 saturated carbocycles. The van der Waals surface area contributed by atoms with Gasteiger partial charge in [0.25, 0.3) is 0 Å². The highest BCUT2D eigenvalue weighted by molar-refractivity contribution is 7.86. The molecule has 1 fully saturated rings. The molecule has 0 radical (unpaired) electrons. The first-order valence-electron chi connectivity index (χ1n) is 10.9. The number of rotatable bonds is 5. The summed E-state index contributed by atoms with van der Waals surface area (Å²) in [6.45, 7) is 1.81. The maximum Gasteiger partial charge on any atom is 0.195 e. The van der Waals surface area contributed by atoms with Crippen molar-refractivity contribution in [1.82, 2.24) is 14.5 Å². The van der Waals surface area contributed by atoms with Gasteiger partial charge in [-0.05, 0) is 55.2 Å². The lowest BCUT2D eigenvalue weighted by Gasteiger charge is -2.12. The van der Waals surface area contributed by atoms with E-state index in [1.807, 2.05) is 12.1 Å². The maximum atomic E-state index is 14.0. The second-order valence-electron chi connectivity index (χ2n) is 8.42. The zero-order chi connectivity index (χ0) is 24.0. The third-order valence-corrected chi connectivity index (χ3v) is 7.42. The normalized spacial score (nSPS) is 15.2. The van der Waals surface area contributed by atoms with E-state index in [1.54, 1.807) is 13.0 Å². The average Bonchev–Trinajstić information content (AvgIpc) is 3.47. The quantitative estimate of drug-likeness (QED) is 0.358. The van der Waals surface area contributed by atoms with E-state index < -0.39 is 33.3 Å². The van der Waals surface area contributed by atoms with Gasteiger partial charge in [0.15, 0.2) is 28.4 Å². The molecule has 0 aliphatic heterocycles. The molecule has 4 aromatic rings. The zero-order valence-corrected chi connectivity index (χ0v) is 19.1. The van der Waals surface area contributed by atoms with Gasteiger partial charge < -0.3 is 15.0 Å². The minimum absolute atomic E-state index is 0.362. The van der Waals surface area contributed by atoms with Crippen molar-refractivity contribution in [3.8, 4) is 11.1 Å². The molecule has 3 N–H and O–H groups in total. The van der Waals surface area contributed by atoms with Crippen LogP contribution in [0.25, 0.3) is 22.2 Å². The molecule has 5 rings (SSSR count).